The van der Waals surface area contributed by atoms with E-state index in [0.717, 1.165) is 86.3 Å². The third kappa shape index (κ3) is 6.34. The van der Waals surface area contributed by atoms with E-state index in [1.54, 1.807) is 12.1 Å². The molecule has 1 saturated heterocycles. The number of aryl methyl sites for hydroxylation is 1. The highest BCUT2D eigenvalue weighted by molar-refractivity contribution is 6.00. The minimum Gasteiger partial charge on any atom is -0.358 e. The average Bonchev–Trinajstić information content (AvgIpc) is 3.88. The first-order valence-corrected chi connectivity index (χ1v) is 17.3. The molecule has 1 aliphatic carbocycles. The van der Waals surface area contributed by atoms with Gasteiger partial charge in [-0.3, -0.25) is 15.1 Å². The predicted molar refractivity (Wildman–Crippen MR) is 191 cm³/mol. The quantitative estimate of drug-likeness (QED) is 0.138. The van der Waals surface area contributed by atoms with E-state index < -0.39 is 0 Å². The minimum atomic E-state index is -0.221. The maximum Gasteiger partial charge on any atom is 0.181 e. The molecule has 48 heavy (non-hydrogen) atoms. The summed E-state index contributed by atoms with van der Waals surface area (Å²) < 4.78 is 14.9. The van der Waals surface area contributed by atoms with Gasteiger partial charge in [0.1, 0.15) is 5.82 Å². The molecule has 2 aliphatic rings. The zero-order chi connectivity index (χ0) is 32.5. The summed E-state index contributed by atoms with van der Waals surface area (Å²) in [7, 11) is 0. The van der Waals surface area contributed by atoms with Gasteiger partial charge in [-0.2, -0.15) is 5.10 Å². The molecule has 8 rings (SSSR count). The molecule has 0 radical (unpaired) electrons. The monoisotopic (exact) mass is 640 g/mol. The lowest BCUT2D eigenvalue weighted by atomic mass is 9.87. The first kappa shape index (κ1) is 30.4. The molecule has 8 nitrogen and oxygen atoms in total. The maximum absolute atomic E-state index is 14.9. The summed E-state index contributed by atoms with van der Waals surface area (Å²) in [5, 5.41) is 13.1. The largest absolute Gasteiger partial charge is 0.358 e. The summed E-state index contributed by atoms with van der Waals surface area (Å²) in [6.45, 7) is 7.76. The number of nitrogens with one attached hydrogen (secondary N) is 3. The molecule has 9 heteroatoms. The Morgan fingerprint density at radius 1 is 0.854 bits per heavy atom. The van der Waals surface area contributed by atoms with Gasteiger partial charge in [0.2, 0.25) is 0 Å². The van der Waals surface area contributed by atoms with Gasteiger partial charge in [0.15, 0.2) is 5.65 Å². The van der Waals surface area contributed by atoms with Gasteiger partial charge < -0.3 is 15.2 Å². The van der Waals surface area contributed by atoms with E-state index in [4.69, 9.17) is 0 Å². The lowest BCUT2D eigenvalue weighted by Crippen LogP contribution is -2.20. The number of hydrogen-bond acceptors (Lipinski definition) is 6. The number of rotatable bonds is 10. The van der Waals surface area contributed by atoms with Gasteiger partial charge in [-0.15, -0.1) is 0 Å². The fourth-order valence-electron chi connectivity index (χ4n) is 7.55. The van der Waals surface area contributed by atoms with E-state index in [9.17, 15) is 4.39 Å². The van der Waals surface area contributed by atoms with Crippen LogP contribution in [-0.2, 0) is 6.42 Å². The van der Waals surface area contributed by atoms with Crippen molar-refractivity contribution >= 4 is 27.6 Å². The highest BCUT2D eigenvalue weighted by Gasteiger charge is 2.18. The fraction of sp³-hybridized carbons (Fsp3) is 0.333. The molecule has 244 valence electrons. The minimum absolute atomic E-state index is 0.221. The van der Waals surface area contributed by atoms with Crippen LogP contribution in [0.2, 0.25) is 0 Å². The van der Waals surface area contributed by atoms with E-state index in [-0.39, 0.29) is 5.82 Å². The lowest BCUT2D eigenvalue weighted by molar-refractivity contribution is 0.334. The Labute approximate surface area is 279 Å². The van der Waals surface area contributed by atoms with E-state index in [1.165, 1.54) is 58.0 Å². The number of H-pyrrole nitrogens is 2. The summed E-state index contributed by atoms with van der Waals surface area (Å²) >= 11 is 0. The van der Waals surface area contributed by atoms with Crippen LogP contribution in [0.15, 0.2) is 79.7 Å². The number of anilines is 1. The Morgan fingerprint density at radius 3 is 2.56 bits per heavy atom. The zero-order valence-electron chi connectivity index (χ0n) is 27.2. The van der Waals surface area contributed by atoms with Crippen LogP contribution in [0, 0.1) is 11.7 Å². The Morgan fingerprint density at radius 2 is 1.69 bits per heavy atom. The molecule has 2 fully saturated rings. The molecule has 3 N–H and O–H groups in total. The molecule has 0 spiro atoms. The molecule has 6 aromatic rings. The van der Waals surface area contributed by atoms with Gasteiger partial charge in [-0.1, -0.05) is 31.9 Å². The highest BCUT2D eigenvalue weighted by atomic mass is 19.1. The number of pyridine rings is 3. The van der Waals surface area contributed by atoms with E-state index in [0.29, 0.717) is 11.6 Å². The maximum atomic E-state index is 14.9. The second kappa shape index (κ2) is 13.3. The van der Waals surface area contributed by atoms with Crippen molar-refractivity contribution in [2.24, 2.45) is 5.92 Å². The van der Waals surface area contributed by atoms with Gasteiger partial charge in [0.05, 0.1) is 35.0 Å². The molecule has 1 aromatic carbocycles. The second-order valence-corrected chi connectivity index (χ2v) is 13.5. The first-order valence-electron chi connectivity index (χ1n) is 17.3. The van der Waals surface area contributed by atoms with Crippen molar-refractivity contribution in [3.8, 4) is 33.6 Å². The van der Waals surface area contributed by atoms with Crippen LogP contribution in [0.25, 0.3) is 55.6 Å². The SMILES string of the molecule is C=C(Nc1cncc(-c2cnc3n[nH]c(-c4cc5c(-c6cc(F)cc(CCCN7CCCC7)c6)cncc5[nH]4)c3c2)c1)C1CCCCC1. The van der Waals surface area contributed by atoms with Crippen molar-refractivity contribution in [2.75, 3.05) is 25.0 Å². The highest BCUT2D eigenvalue weighted by Crippen LogP contribution is 2.36. The first-order chi connectivity index (χ1) is 23.6. The van der Waals surface area contributed by atoms with Crippen LogP contribution in [0.5, 0.6) is 0 Å². The number of nitrogens with zero attached hydrogens (tertiary/aromatic N) is 5. The van der Waals surface area contributed by atoms with Gasteiger partial charge in [-0.05, 0) is 106 Å². The van der Waals surface area contributed by atoms with Gasteiger partial charge in [0, 0.05) is 51.8 Å². The number of hydrogen-bond donors (Lipinski definition) is 3. The van der Waals surface area contributed by atoms with Crippen molar-refractivity contribution < 1.29 is 4.39 Å². The van der Waals surface area contributed by atoms with Crippen LogP contribution in [0.4, 0.5) is 10.1 Å². The Balaban J connectivity index is 1.07. The van der Waals surface area contributed by atoms with E-state index in [1.807, 2.05) is 31.0 Å². The molecule has 1 aliphatic heterocycles. The number of fused-ring (bicyclic) bond motifs is 2. The number of likely N-dealkylation sites (tertiary alicyclic amines) is 1. The van der Waals surface area contributed by atoms with Crippen LogP contribution in [0.1, 0.15) is 56.9 Å². The van der Waals surface area contributed by atoms with Gasteiger partial charge in [-0.25, -0.2) is 9.37 Å². The van der Waals surface area contributed by atoms with Crippen LogP contribution >= 0.6 is 0 Å². The number of benzene rings is 1. The summed E-state index contributed by atoms with van der Waals surface area (Å²) in [5.41, 5.74) is 9.83. The number of halogens is 1. The Hall–Kier alpha value is -4.89. The van der Waals surface area contributed by atoms with Crippen LogP contribution in [-0.4, -0.2) is 54.7 Å². The standard InChI is InChI=1S/C39H41FN8/c1-25(27-9-3-2-4-10-27)44-32-17-29(20-41-22-32)30-18-34-38(46-47-39(34)43-21-30)36-19-33-35(23-42-24-37(33)45-36)28-14-26(15-31(40)16-28)8-7-13-48-11-5-6-12-48/h14-24,27,44-45H,1-13H2,(H,43,46,47). The van der Waals surface area contributed by atoms with Gasteiger partial charge in [0.25, 0.3) is 0 Å². The summed E-state index contributed by atoms with van der Waals surface area (Å²) in [6.07, 6.45) is 19.8. The van der Waals surface area contributed by atoms with Crippen molar-refractivity contribution in [2.45, 2.75) is 57.8 Å². The molecule has 0 amide bonds. The van der Waals surface area contributed by atoms with E-state index >= 15 is 0 Å². The third-order valence-electron chi connectivity index (χ3n) is 10.1. The Bertz CT molecular complexity index is 2080. The Kier molecular flexibility index (Phi) is 8.44. The molecular weight excluding hydrogens is 599 g/mol. The molecule has 6 heterocycles. The molecule has 0 bridgehead atoms. The zero-order valence-corrected chi connectivity index (χ0v) is 27.2. The number of aromatic nitrogens is 6. The topological polar surface area (TPSA) is 98.4 Å². The van der Waals surface area contributed by atoms with E-state index in [2.05, 4.69) is 71.2 Å². The molecular formula is C39H41FN8. The van der Waals surface area contributed by atoms with Crippen molar-refractivity contribution in [3.05, 3.63) is 91.0 Å². The molecule has 0 atom stereocenters. The predicted octanol–water partition coefficient (Wildman–Crippen LogP) is 8.90. The fourth-order valence-corrected chi connectivity index (χ4v) is 7.55. The molecule has 0 unspecified atom stereocenters. The summed E-state index contributed by atoms with van der Waals surface area (Å²) in [4.78, 5) is 19.7. The normalized spacial score (nSPS) is 15.9. The van der Waals surface area contributed by atoms with Crippen molar-refractivity contribution in [1.29, 1.82) is 0 Å². The molecule has 1 saturated carbocycles. The number of aromatic amines is 2. The lowest BCUT2D eigenvalue weighted by Gasteiger charge is -2.24. The third-order valence-corrected chi connectivity index (χ3v) is 10.1. The number of allylic oxidation sites excluding steroid dienone is 1. The van der Waals surface area contributed by atoms with Crippen LogP contribution < -0.4 is 5.32 Å². The smallest absolute Gasteiger partial charge is 0.181 e. The molecule has 5 aromatic heterocycles. The van der Waals surface area contributed by atoms with Crippen molar-refractivity contribution in [3.63, 3.8) is 0 Å². The van der Waals surface area contributed by atoms with Crippen molar-refractivity contribution in [1.82, 2.24) is 35.0 Å². The summed E-state index contributed by atoms with van der Waals surface area (Å²) in [5.74, 6) is 0.287. The van der Waals surface area contributed by atoms with Crippen LogP contribution in [0.3, 0.4) is 0 Å². The average molecular weight is 641 g/mol. The van der Waals surface area contributed by atoms with Gasteiger partial charge >= 0.3 is 0 Å². The summed E-state index contributed by atoms with van der Waals surface area (Å²) in [6, 6.07) is 11.7. The second-order valence-electron chi connectivity index (χ2n) is 13.5.